The molecule has 0 bridgehead atoms. The van der Waals surface area contributed by atoms with Gasteiger partial charge in [-0.3, -0.25) is 4.68 Å². The molecule has 96 valence electrons. The molecular weight excluding hydrogens is 224 g/mol. The second-order valence-electron chi connectivity index (χ2n) is 4.34. The van der Waals surface area contributed by atoms with Crippen molar-refractivity contribution in [2.24, 2.45) is 0 Å². The Balaban J connectivity index is 1.75. The van der Waals surface area contributed by atoms with Crippen LogP contribution in [0.2, 0.25) is 0 Å². The van der Waals surface area contributed by atoms with Crippen molar-refractivity contribution in [3.63, 3.8) is 0 Å². The first-order valence-electron chi connectivity index (χ1n) is 6.52. The van der Waals surface area contributed by atoms with E-state index >= 15 is 0 Å². The average Bonchev–Trinajstić information content (AvgIpc) is 2.85. The lowest BCUT2D eigenvalue weighted by atomic mass is 10.1. The van der Waals surface area contributed by atoms with Gasteiger partial charge in [0.1, 0.15) is 0 Å². The van der Waals surface area contributed by atoms with Gasteiger partial charge in [-0.05, 0) is 24.9 Å². The van der Waals surface area contributed by atoms with Gasteiger partial charge in [0.05, 0.1) is 5.69 Å². The van der Waals surface area contributed by atoms with Gasteiger partial charge in [0.2, 0.25) is 0 Å². The molecule has 0 aliphatic heterocycles. The molecule has 1 N–H and O–H groups in total. The maximum absolute atomic E-state index is 4.13. The van der Waals surface area contributed by atoms with Crippen molar-refractivity contribution < 1.29 is 0 Å². The van der Waals surface area contributed by atoms with E-state index in [-0.39, 0.29) is 0 Å². The summed E-state index contributed by atoms with van der Waals surface area (Å²) in [4.78, 5) is 0. The number of rotatable bonds is 7. The molecule has 0 amide bonds. The molecule has 0 aliphatic carbocycles. The summed E-state index contributed by atoms with van der Waals surface area (Å²) in [7, 11) is 0. The molecule has 0 unspecified atom stereocenters. The molecule has 0 aliphatic rings. The molecule has 0 atom stereocenters. The highest BCUT2D eigenvalue weighted by atomic mass is 15.4. The van der Waals surface area contributed by atoms with Gasteiger partial charge in [0.15, 0.2) is 0 Å². The van der Waals surface area contributed by atoms with Crippen LogP contribution >= 0.6 is 0 Å². The first-order valence-corrected chi connectivity index (χ1v) is 6.52. The van der Waals surface area contributed by atoms with Gasteiger partial charge in [-0.15, -0.1) is 5.10 Å². The Bertz CT molecular complexity index is 450. The van der Waals surface area contributed by atoms with E-state index in [2.05, 4.69) is 46.8 Å². The van der Waals surface area contributed by atoms with Crippen LogP contribution in [0.5, 0.6) is 0 Å². The summed E-state index contributed by atoms with van der Waals surface area (Å²) in [6, 6.07) is 10.5. The number of benzene rings is 1. The maximum Gasteiger partial charge on any atom is 0.0964 e. The van der Waals surface area contributed by atoms with Crippen LogP contribution in [-0.4, -0.2) is 21.5 Å². The summed E-state index contributed by atoms with van der Waals surface area (Å²) in [5, 5.41) is 11.5. The SMILES string of the molecule is CCNCc1cn(CCCc2ccccc2)nn1. The summed E-state index contributed by atoms with van der Waals surface area (Å²) in [5.41, 5.74) is 2.39. The van der Waals surface area contributed by atoms with E-state index in [0.29, 0.717) is 0 Å². The fraction of sp³-hybridized carbons (Fsp3) is 0.429. The third kappa shape index (κ3) is 3.96. The molecule has 1 aromatic carbocycles. The smallest absolute Gasteiger partial charge is 0.0964 e. The summed E-state index contributed by atoms with van der Waals surface area (Å²) in [6.07, 6.45) is 4.20. The Morgan fingerprint density at radius 2 is 2.06 bits per heavy atom. The number of hydrogen-bond acceptors (Lipinski definition) is 3. The molecule has 18 heavy (non-hydrogen) atoms. The van der Waals surface area contributed by atoms with Crippen LogP contribution in [0.15, 0.2) is 36.5 Å². The Hall–Kier alpha value is -1.68. The first kappa shape index (κ1) is 12.8. The molecule has 0 saturated carbocycles. The molecule has 1 aromatic heterocycles. The molecule has 1 heterocycles. The highest BCUT2D eigenvalue weighted by molar-refractivity contribution is 5.14. The molecule has 0 radical (unpaired) electrons. The minimum Gasteiger partial charge on any atom is -0.311 e. The van der Waals surface area contributed by atoms with Crippen LogP contribution in [0, 0.1) is 0 Å². The molecule has 0 saturated heterocycles. The predicted molar refractivity (Wildman–Crippen MR) is 72.2 cm³/mol. The number of aryl methyl sites for hydroxylation is 2. The van der Waals surface area contributed by atoms with Gasteiger partial charge >= 0.3 is 0 Å². The van der Waals surface area contributed by atoms with E-state index in [1.54, 1.807) is 0 Å². The number of nitrogens with zero attached hydrogens (tertiary/aromatic N) is 3. The summed E-state index contributed by atoms with van der Waals surface area (Å²) in [5.74, 6) is 0. The fourth-order valence-corrected chi connectivity index (χ4v) is 1.87. The number of hydrogen-bond donors (Lipinski definition) is 1. The Morgan fingerprint density at radius 3 is 2.83 bits per heavy atom. The van der Waals surface area contributed by atoms with Crippen LogP contribution in [0.1, 0.15) is 24.6 Å². The summed E-state index contributed by atoms with van der Waals surface area (Å²) in [6.45, 7) is 4.77. The van der Waals surface area contributed by atoms with Gasteiger partial charge in [0.25, 0.3) is 0 Å². The monoisotopic (exact) mass is 244 g/mol. The topological polar surface area (TPSA) is 42.7 Å². The maximum atomic E-state index is 4.13. The molecule has 2 rings (SSSR count). The van der Waals surface area contributed by atoms with Crippen LogP contribution in [0.3, 0.4) is 0 Å². The van der Waals surface area contributed by atoms with Gasteiger partial charge < -0.3 is 5.32 Å². The third-order valence-corrected chi connectivity index (χ3v) is 2.84. The van der Waals surface area contributed by atoms with E-state index in [0.717, 1.165) is 38.2 Å². The Morgan fingerprint density at radius 1 is 1.22 bits per heavy atom. The summed E-state index contributed by atoms with van der Waals surface area (Å²) >= 11 is 0. The van der Waals surface area contributed by atoms with E-state index in [4.69, 9.17) is 0 Å². The van der Waals surface area contributed by atoms with Gasteiger partial charge in [-0.25, -0.2) is 0 Å². The fourth-order valence-electron chi connectivity index (χ4n) is 1.87. The van der Waals surface area contributed by atoms with Gasteiger partial charge in [-0.2, -0.15) is 0 Å². The zero-order valence-corrected chi connectivity index (χ0v) is 10.8. The molecule has 0 spiro atoms. The van der Waals surface area contributed by atoms with Crippen LogP contribution < -0.4 is 5.32 Å². The minimum absolute atomic E-state index is 0.801. The molecule has 2 aromatic rings. The number of aromatic nitrogens is 3. The van der Waals surface area contributed by atoms with E-state index < -0.39 is 0 Å². The van der Waals surface area contributed by atoms with Crippen molar-refractivity contribution in [1.82, 2.24) is 20.3 Å². The standard InChI is InChI=1S/C14H20N4/c1-2-15-11-14-12-18(17-16-14)10-6-9-13-7-4-3-5-8-13/h3-5,7-8,12,15H,2,6,9-11H2,1H3. The zero-order valence-electron chi connectivity index (χ0n) is 10.8. The first-order chi connectivity index (χ1) is 8.88. The highest BCUT2D eigenvalue weighted by Gasteiger charge is 2.00. The second kappa shape index (κ2) is 6.91. The molecular formula is C14H20N4. The van der Waals surface area contributed by atoms with Gasteiger partial charge in [0, 0.05) is 19.3 Å². The van der Waals surface area contributed by atoms with Crippen molar-refractivity contribution >= 4 is 0 Å². The average molecular weight is 244 g/mol. The minimum atomic E-state index is 0.801. The third-order valence-electron chi connectivity index (χ3n) is 2.84. The molecule has 4 heteroatoms. The Labute approximate surface area is 108 Å². The number of nitrogens with one attached hydrogen (secondary N) is 1. The largest absolute Gasteiger partial charge is 0.311 e. The van der Waals surface area contributed by atoms with Crippen molar-refractivity contribution in [2.45, 2.75) is 32.9 Å². The van der Waals surface area contributed by atoms with Crippen molar-refractivity contribution in [3.05, 3.63) is 47.8 Å². The van der Waals surface area contributed by atoms with Crippen molar-refractivity contribution in [3.8, 4) is 0 Å². The Kier molecular flexibility index (Phi) is 4.90. The molecule has 4 nitrogen and oxygen atoms in total. The lowest BCUT2D eigenvalue weighted by Gasteiger charge is -2.01. The van der Waals surface area contributed by atoms with Crippen LogP contribution in [-0.2, 0) is 19.5 Å². The van der Waals surface area contributed by atoms with E-state index in [1.165, 1.54) is 5.56 Å². The van der Waals surface area contributed by atoms with Gasteiger partial charge in [-0.1, -0.05) is 42.5 Å². The molecule has 0 fully saturated rings. The van der Waals surface area contributed by atoms with Crippen molar-refractivity contribution in [1.29, 1.82) is 0 Å². The van der Waals surface area contributed by atoms with Crippen LogP contribution in [0.25, 0.3) is 0 Å². The summed E-state index contributed by atoms with van der Waals surface area (Å²) < 4.78 is 1.93. The normalized spacial score (nSPS) is 10.7. The van der Waals surface area contributed by atoms with E-state index in [9.17, 15) is 0 Å². The highest BCUT2D eigenvalue weighted by Crippen LogP contribution is 2.03. The zero-order chi connectivity index (χ0) is 12.6. The lowest BCUT2D eigenvalue weighted by molar-refractivity contribution is 0.558. The quantitative estimate of drug-likeness (QED) is 0.810. The predicted octanol–water partition coefficient (Wildman–Crippen LogP) is 2.02. The van der Waals surface area contributed by atoms with Crippen molar-refractivity contribution in [2.75, 3.05) is 6.54 Å². The second-order valence-corrected chi connectivity index (χ2v) is 4.34. The van der Waals surface area contributed by atoms with E-state index in [1.807, 2.05) is 16.9 Å². The van der Waals surface area contributed by atoms with Crippen LogP contribution in [0.4, 0.5) is 0 Å². The lowest BCUT2D eigenvalue weighted by Crippen LogP contribution is -2.11.